The van der Waals surface area contributed by atoms with Crippen molar-refractivity contribution in [3.05, 3.63) is 36.7 Å². The molecule has 2 unspecified atom stereocenters. The van der Waals surface area contributed by atoms with Crippen molar-refractivity contribution in [3.63, 3.8) is 0 Å². The van der Waals surface area contributed by atoms with E-state index in [2.05, 4.69) is 10.3 Å². The first-order valence-corrected chi connectivity index (χ1v) is 7.01. The zero-order valence-corrected chi connectivity index (χ0v) is 11.5. The number of anilines is 1. The fraction of sp³-hybridized carbons (Fsp3) is 0.312. The van der Waals surface area contributed by atoms with Crippen LogP contribution in [-0.4, -0.2) is 22.0 Å². The molecule has 0 bridgehead atoms. The highest BCUT2D eigenvalue weighted by atomic mass is 16.4. The molecule has 108 valence electrons. The number of fused-ring (bicyclic) bond motifs is 1. The Morgan fingerprint density at radius 3 is 2.76 bits per heavy atom. The molecule has 3 rings (SSSR count). The fourth-order valence-electron chi connectivity index (χ4n) is 2.90. The van der Waals surface area contributed by atoms with Crippen LogP contribution < -0.4 is 5.32 Å². The summed E-state index contributed by atoms with van der Waals surface area (Å²) in [7, 11) is 0. The Morgan fingerprint density at radius 1 is 1.19 bits per heavy atom. The number of nitrogens with zero attached hydrogens (tertiary/aromatic N) is 1. The van der Waals surface area contributed by atoms with Crippen molar-refractivity contribution in [1.29, 1.82) is 0 Å². The van der Waals surface area contributed by atoms with Crippen LogP contribution in [0.1, 0.15) is 19.3 Å². The van der Waals surface area contributed by atoms with E-state index < -0.39 is 11.9 Å². The second kappa shape index (κ2) is 5.52. The number of hydrogen-bond acceptors (Lipinski definition) is 3. The van der Waals surface area contributed by atoms with Gasteiger partial charge in [-0.3, -0.25) is 14.6 Å². The van der Waals surface area contributed by atoms with Crippen LogP contribution in [-0.2, 0) is 9.59 Å². The van der Waals surface area contributed by atoms with Gasteiger partial charge >= 0.3 is 5.97 Å². The van der Waals surface area contributed by atoms with Crippen LogP contribution in [0.3, 0.4) is 0 Å². The lowest BCUT2D eigenvalue weighted by Gasteiger charge is -2.12. The van der Waals surface area contributed by atoms with Gasteiger partial charge in [-0.1, -0.05) is 12.1 Å². The topological polar surface area (TPSA) is 79.3 Å². The summed E-state index contributed by atoms with van der Waals surface area (Å²) in [6, 6.07) is 7.57. The third kappa shape index (κ3) is 2.72. The highest BCUT2D eigenvalue weighted by Crippen LogP contribution is 2.32. The Bertz CT molecular complexity index is 693. The molecule has 2 N–H and O–H groups in total. The van der Waals surface area contributed by atoms with Crippen molar-refractivity contribution in [3.8, 4) is 0 Å². The number of amides is 1. The number of carboxylic acid groups (broad SMARTS) is 1. The number of aromatic nitrogens is 1. The van der Waals surface area contributed by atoms with Crippen molar-refractivity contribution < 1.29 is 14.7 Å². The van der Waals surface area contributed by atoms with E-state index in [1.165, 1.54) is 0 Å². The predicted molar refractivity (Wildman–Crippen MR) is 78.8 cm³/mol. The minimum Gasteiger partial charge on any atom is -0.481 e. The van der Waals surface area contributed by atoms with Gasteiger partial charge in [0.15, 0.2) is 0 Å². The van der Waals surface area contributed by atoms with E-state index in [0.29, 0.717) is 19.3 Å². The minimum atomic E-state index is -0.806. The average Bonchev–Trinajstić information content (AvgIpc) is 2.98. The summed E-state index contributed by atoms with van der Waals surface area (Å²) in [4.78, 5) is 27.3. The molecule has 1 fully saturated rings. The molecule has 1 aromatic heterocycles. The molecule has 5 heteroatoms. The third-order valence-electron chi connectivity index (χ3n) is 4.09. The van der Waals surface area contributed by atoms with Crippen LogP contribution in [0.5, 0.6) is 0 Å². The van der Waals surface area contributed by atoms with E-state index in [0.717, 1.165) is 16.5 Å². The third-order valence-corrected chi connectivity index (χ3v) is 4.09. The highest BCUT2D eigenvalue weighted by molar-refractivity contribution is 6.02. The maximum absolute atomic E-state index is 12.3. The summed E-state index contributed by atoms with van der Waals surface area (Å²) in [6.07, 6.45) is 5.06. The number of carbonyl (C=O) groups excluding carboxylic acids is 1. The van der Waals surface area contributed by atoms with Crippen molar-refractivity contribution in [2.45, 2.75) is 19.3 Å². The number of benzene rings is 1. The zero-order chi connectivity index (χ0) is 14.8. The molecule has 0 saturated heterocycles. The van der Waals surface area contributed by atoms with Gasteiger partial charge in [0.2, 0.25) is 5.91 Å². The van der Waals surface area contributed by atoms with E-state index in [4.69, 9.17) is 5.11 Å². The van der Waals surface area contributed by atoms with Gasteiger partial charge in [-0.15, -0.1) is 0 Å². The van der Waals surface area contributed by atoms with Crippen molar-refractivity contribution in [2.24, 2.45) is 11.8 Å². The number of aliphatic carboxylic acids is 1. The second-order valence-corrected chi connectivity index (χ2v) is 5.44. The predicted octanol–water partition coefficient (Wildman–Crippen LogP) is 2.67. The monoisotopic (exact) mass is 284 g/mol. The number of nitrogens with one attached hydrogen (secondary N) is 1. The van der Waals surface area contributed by atoms with Gasteiger partial charge in [-0.25, -0.2) is 0 Å². The van der Waals surface area contributed by atoms with E-state index >= 15 is 0 Å². The molecule has 0 radical (unpaired) electrons. The van der Waals surface area contributed by atoms with E-state index in [1.54, 1.807) is 12.4 Å². The first kappa shape index (κ1) is 13.5. The first-order chi connectivity index (χ1) is 10.1. The second-order valence-electron chi connectivity index (χ2n) is 5.44. The minimum absolute atomic E-state index is 0.102. The van der Waals surface area contributed by atoms with Gasteiger partial charge in [0.25, 0.3) is 0 Å². The summed E-state index contributed by atoms with van der Waals surface area (Å²) in [6.45, 7) is 0. The molecule has 1 aliphatic carbocycles. The van der Waals surface area contributed by atoms with Gasteiger partial charge < -0.3 is 10.4 Å². The Morgan fingerprint density at radius 2 is 2.00 bits per heavy atom. The number of pyridine rings is 1. The molecule has 1 aromatic carbocycles. The highest BCUT2D eigenvalue weighted by Gasteiger charge is 2.33. The molecule has 1 amide bonds. The van der Waals surface area contributed by atoms with Crippen molar-refractivity contribution in [2.75, 3.05) is 5.32 Å². The van der Waals surface area contributed by atoms with Gasteiger partial charge in [-0.2, -0.15) is 0 Å². The van der Waals surface area contributed by atoms with Gasteiger partial charge in [0.05, 0.1) is 11.6 Å². The quantitative estimate of drug-likeness (QED) is 0.908. The zero-order valence-electron chi connectivity index (χ0n) is 11.5. The molecular formula is C16H16N2O3. The lowest BCUT2D eigenvalue weighted by atomic mass is 10.0. The molecule has 1 heterocycles. The number of rotatable bonds is 3. The number of carboxylic acids is 1. The number of hydrogen-bond donors (Lipinski definition) is 2. The Labute approximate surface area is 122 Å². The van der Waals surface area contributed by atoms with Crippen LogP contribution in [0, 0.1) is 11.8 Å². The van der Waals surface area contributed by atoms with Crippen LogP contribution in [0.25, 0.3) is 10.8 Å². The first-order valence-electron chi connectivity index (χ1n) is 7.01. The van der Waals surface area contributed by atoms with E-state index in [1.807, 2.05) is 24.3 Å². The van der Waals surface area contributed by atoms with E-state index in [9.17, 15) is 9.59 Å². The summed E-state index contributed by atoms with van der Waals surface area (Å²) < 4.78 is 0. The molecule has 2 atom stereocenters. The molecule has 1 aliphatic rings. The largest absolute Gasteiger partial charge is 0.481 e. The van der Waals surface area contributed by atoms with Crippen molar-refractivity contribution >= 4 is 28.3 Å². The number of carbonyl (C=O) groups is 2. The Balaban J connectivity index is 1.77. The Hall–Kier alpha value is -2.43. The van der Waals surface area contributed by atoms with Gasteiger partial charge in [0.1, 0.15) is 0 Å². The molecular weight excluding hydrogens is 268 g/mol. The SMILES string of the molecule is O=C(O)C1CCC(C(=O)Nc2cccc3ccncc23)C1. The Kier molecular flexibility index (Phi) is 3.56. The lowest BCUT2D eigenvalue weighted by Crippen LogP contribution is -2.21. The summed E-state index contributed by atoms with van der Waals surface area (Å²) in [5, 5.41) is 13.8. The van der Waals surface area contributed by atoms with Crippen molar-refractivity contribution in [1.82, 2.24) is 4.98 Å². The van der Waals surface area contributed by atoms with Crippen LogP contribution in [0.2, 0.25) is 0 Å². The standard InChI is InChI=1S/C16H16N2O3/c19-15(11-4-5-12(8-11)16(20)21)18-14-3-1-2-10-6-7-17-9-13(10)14/h1-3,6-7,9,11-12H,4-5,8H2,(H,18,19)(H,20,21). The molecule has 2 aromatic rings. The molecule has 0 aliphatic heterocycles. The molecule has 21 heavy (non-hydrogen) atoms. The maximum atomic E-state index is 12.3. The summed E-state index contributed by atoms with van der Waals surface area (Å²) >= 11 is 0. The molecule has 5 nitrogen and oxygen atoms in total. The van der Waals surface area contributed by atoms with E-state index in [-0.39, 0.29) is 11.8 Å². The molecule has 0 spiro atoms. The fourth-order valence-corrected chi connectivity index (χ4v) is 2.90. The summed E-state index contributed by atoms with van der Waals surface area (Å²) in [5.41, 5.74) is 0.726. The summed E-state index contributed by atoms with van der Waals surface area (Å²) in [5.74, 6) is -1.53. The normalized spacial score (nSPS) is 21.3. The lowest BCUT2D eigenvalue weighted by molar-refractivity contribution is -0.141. The van der Waals surface area contributed by atoms with Crippen LogP contribution in [0.4, 0.5) is 5.69 Å². The van der Waals surface area contributed by atoms with Crippen LogP contribution >= 0.6 is 0 Å². The smallest absolute Gasteiger partial charge is 0.306 e. The van der Waals surface area contributed by atoms with Gasteiger partial charge in [0, 0.05) is 23.7 Å². The van der Waals surface area contributed by atoms with Crippen LogP contribution in [0.15, 0.2) is 36.7 Å². The maximum Gasteiger partial charge on any atom is 0.306 e. The van der Waals surface area contributed by atoms with Gasteiger partial charge in [-0.05, 0) is 36.8 Å². The molecule has 1 saturated carbocycles. The average molecular weight is 284 g/mol.